The number of hydrogen-bond acceptors (Lipinski definition) is 2. The molecule has 3 rings (SSSR count). The normalized spacial score (nSPS) is 28.1. The second kappa shape index (κ2) is 6.72. The summed E-state index contributed by atoms with van der Waals surface area (Å²) in [5.41, 5.74) is 1.11. The Morgan fingerprint density at radius 3 is 2.68 bits per heavy atom. The van der Waals surface area contributed by atoms with E-state index in [9.17, 15) is 4.79 Å². The Kier molecular flexibility index (Phi) is 4.70. The molecule has 22 heavy (non-hydrogen) atoms. The lowest BCUT2D eigenvalue weighted by molar-refractivity contribution is -0.137. The van der Waals surface area contributed by atoms with Crippen molar-refractivity contribution in [3.8, 4) is 0 Å². The molecular weight excluding hydrogens is 272 g/mol. The molecule has 3 heteroatoms. The van der Waals surface area contributed by atoms with Crippen LogP contribution in [0.5, 0.6) is 0 Å². The van der Waals surface area contributed by atoms with Crippen LogP contribution in [0.2, 0.25) is 0 Å². The van der Waals surface area contributed by atoms with E-state index in [-0.39, 0.29) is 0 Å². The first kappa shape index (κ1) is 15.4. The van der Waals surface area contributed by atoms with Crippen LogP contribution in [0.1, 0.15) is 39.0 Å². The van der Waals surface area contributed by atoms with E-state index in [0.29, 0.717) is 18.5 Å². The number of benzene rings is 1. The number of likely N-dealkylation sites (N-methyl/N-ethyl adjacent to an activating group) is 1. The molecule has 2 fully saturated rings. The number of nitrogens with zero attached hydrogens (tertiary/aromatic N) is 2. The molecule has 2 aliphatic rings. The van der Waals surface area contributed by atoms with Gasteiger partial charge in [0.15, 0.2) is 0 Å². The van der Waals surface area contributed by atoms with Crippen molar-refractivity contribution in [2.24, 2.45) is 11.8 Å². The lowest BCUT2D eigenvalue weighted by Gasteiger charge is -2.47. The van der Waals surface area contributed by atoms with Gasteiger partial charge in [-0.1, -0.05) is 38.0 Å². The van der Waals surface area contributed by atoms with Gasteiger partial charge < -0.3 is 9.80 Å². The molecule has 1 aliphatic heterocycles. The molecule has 1 aliphatic carbocycles. The van der Waals surface area contributed by atoms with Gasteiger partial charge in [-0.25, -0.2) is 0 Å². The van der Waals surface area contributed by atoms with Gasteiger partial charge in [0.2, 0.25) is 5.91 Å². The van der Waals surface area contributed by atoms with Crippen molar-refractivity contribution in [1.29, 1.82) is 0 Å². The van der Waals surface area contributed by atoms with E-state index in [1.165, 1.54) is 32.1 Å². The van der Waals surface area contributed by atoms with Crippen LogP contribution in [-0.2, 0) is 4.79 Å². The molecule has 0 spiro atoms. The van der Waals surface area contributed by atoms with Gasteiger partial charge >= 0.3 is 0 Å². The summed E-state index contributed by atoms with van der Waals surface area (Å²) < 4.78 is 0. The lowest BCUT2D eigenvalue weighted by atomic mass is 9.72. The van der Waals surface area contributed by atoms with Crippen molar-refractivity contribution in [3.63, 3.8) is 0 Å². The minimum absolute atomic E-state index is 0.301. The summed E-state index contributed by atoms with van der Waals surface area (Å²) in [6, 6.07) is 10.7. The summed E-state index contributed by atoms with van der Waals surface area (Å²) in [5, 5.41) is 0. The van der Waals surface area contributed by atoms with E-state index in [0.717, 1.165) is 24.1 Å². The molecule has 1 saturated heterocycles. The fourth-order valence-corrected chi connectivity index (χ4v) is 4.29. The van der Waals surface area contributed by atoms with E-state index in [4.69, 9.17) is 0 Å². The zero-order valence-corrected chi connectivity index (χ0v) is 13.9. The van der Waals surface area contributed by atoms with Crippen molar-refractivity contribution in [3.05, 3.63) is 30.3 Å². The molecule has 1 saturated carbocycles. The van der Waals surface area contributed by atoms with Gasteiger partial charge in [-0.2, -0.15) is 0 Å². The number of anilines is 1. The van der Waals surface area contributed by atoms with Gasteiger partial charge in [-0.15, -0.1) is 0 Å². The Morgan fingerprint density at radius 2 is 1.91 bits per heavy atom. The number of rotatable bonds is 3. The van der Waals surface area contributed by atoms with Gasteiger partial charge in [0.05, 0.1) is 6.54 Å². The van der Waals surface area contributed by atoms with Crippen molar-refractivity contribution in [1.82, 2.24) is 4.90 Å². The number of piperidine rings is 1. The summed E-state index contributed by atoms with van der Waals surface area (Å²) in [6.07, 6.45) is 6.31. The maximum atomic E-state index is 12.8. The summed E-state index contributed by atoms with van der Waals surface area (Å²) >= 11 is 0. The Hall–Kier alpha value is -1.51. The van der Waals surface area contributed by atoms with Crippen LogP contribution in [-0.4, -0.2) is 37.0 Å². The van der Waals surface area contributed by atoms with E-state index in [2.05, 4.69) is 28.9 Å². The second-order valence-electron chi connectivity index (χ2n) is 7.06. The van der Waals surface area contributed by atoms with Gasteiger partial charge in [0, 0.05) is 25.3 Å². The number of para-hydroxylation sites is 1. The third-order valence-corrected chi connectivity index (χ3v) is 5.63. The third kappa shape index (κ3) is 3.13. The van der Waals surface area contributed by atoms with E-state index >= 15 is 0 Å². The van der Waals surface area contributed by atoms with E-state index in [1.807, 2.05) is 25.2 Å². The highest BCUT2D eigenvalue weighted by molar-refractivity contribution is 5.81. The topological polar surface area (TPSA) is 23.6 Å². The fourth-order valence-electron chi connectivity index (χ4n) is 4.29. The molecular formula is C19H28N2O. The molecule has 0 N–H and O–H groups in total. The molecule has 1 aromatic carbocycles. The zero-order valence-electron chi connectivity index (χ0n) is 13.9. The average Bonchev–Trinajstić information content (AvgIpc) is 2.56. The highest BCUT2D eigenvalue weighted by atomic mass is 16.2. The highest BCUT2D eigenvalue weighted by Gasteiger charge is 2.39. The molecule has 0 unspecified atom stereocenters. The molecule has 0 bridgehead atoms. The number of hydrogen-bond donors (Lipinski definition) is 0. The Morgan fingerprint density at radius 1 is 1.18 bits per heavy atom. The molecule has 1 amide bonds. The Balaban J connectivity index is 1.66. The Bertz CT molecular complexity index is 501. The number of fused-ring (bicyclic) bond motifs is 1. The van der Waals surface area contributed by atoms with Crippen LogP contribution in [0.4, 0.5) is 5.69 Å². The molecule has 1 heterocycles. The summed E-state index contributed by atoms with van der Waals surface area (Å²) in [6.45, 7) is 3.81. The average molecular weight is 300 g/mol. The van der Waals surface area contributed by atoms with Crippen LogP contribution in [0.25, 0.3) is 0 Å². The summed E-state index contributed by atoms with van der Waals surface area (Å²) in [7, 11) is 2.01. The van der Waals surface area contributed by atoms with E-state index in [1.54, 1.807) is 0 Å². The molecule has 3 nitrogen and oxygen atoms in total. The zero-order chi connectivity index (χ0) is 15.5. The molecule has 0 radical (unpaired) electrons. The monoisotopic (exact) mass is 300 g/mol. The van der Waals surface area contributed by atoms with Crippen molar-refractivity contribution in [2.45, 2.75) is 45.1 Å². The smallest absolute Gasteiger partial charge is 0.242 e. The molecule has 0 aromatic heterocycles. The number of amides is 1. The maximum Gasteiger partial charge on any atom is 0.242 e. The van der Waals surface area contributed by atoms with Crippen molar-refractivity contribution >= 4 is 11.6 Å². The maximum absolute atomic E-state index is 12.8. The number of carbonyl (C=O) groups excluding carboxylic acids is 1. The summed E-state index contributed by atoms with van der Waals surface area (Å²) in [5.74, 6) is 1.81. The van der Waals surface area contributed by atoms with Gasteiger partial charge in [-0.3, -0.25) is 4.79 Å². The standard InChI is InChI=1S/C19H28N2O/c1-15-12-13-21(18-11-7-6-10-17(15)18)19(22)14-20(2)16-8-4-3-5-9-16/h3-5,8-9,15,17-18H,6-7,10-14H2,1-2H3/t15-,17-,18+/m1/s1. The number of likely N-dealkylation sites (tertiary alicyclic amines) is 1. The Labute approximate surface area is 134 Å². The first-order valence-corrected chi connectivity index (χ1v) is 8.72. The number of carbonyl (C=O) groups is 1. The SMILES string of the molecule is C[C@@H]1CCN(C(=O)CN(C)c2ccccc2)[C@H]2CCCC[C@H]12. The van der Waals surface area contributed by atoms with Crippen LogP contribution in [0.3, 0.4) is 0 Å². The molecule has 1 aromatic rings. The third-order valence-electron chi connectivity index (χ3n) is 5.63. The molecule has 3 atom stereocenters. The summed E-state index contributed by atoms with van der Waals surface area (Å²) in [4.78, 5) is 17.1. The lowest BCUT2D eigenvalue weighted by Crippen LogP contribution is -2.54. The van der Waals surface area contributed by atoms with Gasteiger partial charge in [0.25, 0.3) is 0 Å². The fraction of sp³-hybridized carbons (Fsp3) is 0.632. The van der Waals surface area contributed by atoms with Gasteiger partial charge in [0.1, 0.15) is 0 Å². The van der Waals surface area contributed by atoms with Crippen molar-refractivity contribution in [2.75, 3.05) is 25.0 Å². The van der Waals surface area contributed by atoms with Crippen LogP contribution in [0.15, 0.2) is 30.3 Å². The largest absolute Gasteiger partial charge is 0.365 e. The highest BCUT2D eigenvalue weighted by Crippen LogP contribution is 2.38. The molecule has 120 valence electrons. The quantitative estimate of drug-likeness (QED) is 0.852. The van der Waals surface area contributed by atoms with Gasteiger partial charge in [-0.05, 0) is 43.2 Å². The second-order valence-corrected chi connectivity index (χ2v) is 7.06. The minimum Gasteiger partial charge on any atom is -0.365 e. The predicted molar refractivity (Wildman–Crippen MR) is 91.0 cm³/mol. The first-order valence-electron chi connectivity index (χ1n) is 8.72. The minimum atomic E-state index is 0.301. The predicted octanol–water partition coefficient (Wildman–Crippen LogP) is 3.55. The van der Waals surface area contributed by atoms with Crippen LogP contribution in [0, 0.1) is 11.8 Å². The van der Waals surface area contributed by atoms with Crippen LogP contribution < -0.4 is 4.90 Å². The van der Waals surface area contributed by atoms with Crippen LogP contribution >= 0.6 is 0 Å². The van der Waals surface area contributed by atoms with Crippen molar-refractivity contribution < 1.29 is 4.79 Å². The first-order chi connectivity index (χ1) is 10.7. The van der Waals surface area contributed by atoms with E-state index < -0.39 is 0 Å².